The molecule has 1 saturated heterocycles. The summed E-state index contributed by atoms with van der Waals surface area (Å²) in [5, 5.41) is 0. The highest BCUT2D eigenvalue weighted by atomic mass is 28.3. The van der Waals surface area contributed by atoms with Crippen LogP contribution in [0.25, 0.3) is 0 Å². The summed E-state index contributed by atoms with van der Waals surface area (Å²) >= 11 is 0. The van der Waals surface area contributed by atoms with Crippen LogP contribution in [0.1, 0.15) is 50.4 Å². The number of carbonyl (C=O) groups excluding carboxylic acids is 2. The quantitative estimate of drug-likeness (QED) is 0.0833. The Morgan fingerprint density at radius 2 is 1.43 bits per heavy atom. The Kier molecular flexibility index (Phi) is 11.7. The third-order valence-electron chi connectivity index (χ3n) is 8.23. The summed E-state index contributed by atoms with van der Waals surface area (Å²) in [6, 6.07) is 24.2. The maximum Gasteiger partial charge on any atom is 0.508 e. The summed E-state index contributed by atoms with van der Waals surface area (Å²) < 4.78 is 28.2. The average Bonchev–Trinajstić information content (AvgIpc) is 3.03. The minimum absolute atomic E-state index is 0.0845. The molecule has 246 valence electrons. The predicted molar refractivity (Wildman–Crippen MR) is 181 cm³/mol. The van der Waals surface area contributed by atoms with E-state index in [2.05, 4.69) is 39.9 Å². The normalized spacial score (nSPS) is 17.5. The van der Waals surface area contributed by atoms with Crippen molar-refractivity contribution >= 4 is 21.1 Å². The lowest BCUT2D eigenvalue weighted by Crippen LogP contribution is -2.67. The number of methoxy groups -OCH3 is 2. The van der Waals surface area contributed by atoms with E-state index in [1.807, 2.05) is 83.8 Å². The molecule has 4 rings (SSSR count). The van der Waals surface area contributed by atoms with Gasteiger partial charge in [-0.3, -0.25) is 4.79 Å². The van der Waals surface area contributed by atoms with Gasteiger partial charge in [-0.2, -0.15) is 0 Å². The summed E-state index contributed by atoms with van der Waals surface area (Å²) in [4.78, 5) is 29.2. The van der Waals surface area contributed by atoms with Gasteiger partial charge in [0.2, 0.25) is 5.91 Å². The average molecular weight is 646 g/mol. The van der Waals surface area contributed by atoms with Gasteiger partial charge in [0, 0.05) is 0 Å². The zero-order chi connectivity index (χ0) is 33.4. The van der Waals surface area contributed by atoms with Gasteiger partial charge in [-0.1, -0.05) is 81.4 Å². The van der Waals surface area contributed by atoms with E-state index in [-0.39, 0.29) is 24.0 Å². The summed E-state index contributed by atoms with van der Waals surface area (Å²) in [5.74, 6) is 0.718. The van der Waals surface area contributed by atoms with Crippen LogP contribution in [0.2, 0.25) is 13.1 Å². The number of benzene rings is 3. The molecule has 8 nitrogen and oxygen atoms in total. The van der Waals surface area contributed by atoms with Crippen LogP contribution in [0.3, 0.4) is 0 Å². The van der Waals surface area contributed by atoms with Gasteiger partial charge in [0.15, 0.2) is 9.04 Å². The Labute approximate surface area is 275 Å². The first-order valence-corrected chi connectivity index (χ1v) is 18.5. The number of ether oxygens (including phenoxy) is 4. The van der Waals surface area contributed by atoms with Crippen LogP contribution in [0, 0.1) is 11.3 Å². The lowest BCUT2D eigenvalue weighted by molar-refractivity contribution is -0.166. The molecule has 3 aromatic rings. The van der Waals surface area contributed by atoms with Gasteiger partial charge in [-0.05, 0) is 72.0 Å². The highest BCUT2D eigenvalue weighted by molar-refractivity contribution is 6.48. The molecule has 0 spiro atoms. The van der Waals surface area contributed by atoms with Crippen molar-refractivity contribution in [2.45, 2.75) is 65.6 Å². The van der Waals surface area contributed by atoms with Crippen molar-refractivity contribution < 1.29 is 33.0 Å². The van der Waals surface area contributed by atoms with Crippen LogP contribution >= 0.6 is 0 Å². The molecule has 1 aliphatic rings. The highest BCUT2D eigenvalue weighted by Crippen LogP contribution is 2.48. The fourth-order valence-corrected chi connectivity index (χ4v) is 6.37. The molecule has 1 heterocycles. The summed E-state index contributed by atoms with van der Waals surface area (Å²) in [6.45, 7) is 13.0. The molecule has 0 saturated carbocycles. The molecule has 1 fully saturated rings. The Balaban J connectivity index is 1.74. The largest absolute Gasteiger partial charge is 0.508 e. The summed E-state index contributed by atoms with van der Waals surface area (Å²) in [5.41, 5.74) is 3.44. The topological polar surface area (TPSA) is 83.5 Å². The van der Waals surface area contributed by atoms with Crippen molar-refractivity contribution in [3.8, 4) is 11.5 Å². The van der Waals surface area contributed by atoms with Crippen LogP contribution in [0.5, 0.6) is 11.5 Å². The van der Waals surface area contributed by atoms with E-state index in [1.165, 1.54) is 0 Å². The molecule has 3 atom stereocenters. The second-order valence-electron chi connectivity index (χ2n) is 12.8. The monoisotopic (exact) mass is 645 g/mol. The van der Waals surface area contributed by atoms with E-state index in [4.69, 9.17) is 23.4 Å². The molecule has 9 heteroatoms. The van der Waals surface area contributed by atoms with E-state index in [1.54, 1.807) is 21.1 Å². The molecule has 1 aliphatic heterocycles. The maximum absolute atomic E-state index is 14.4. The molecular formula is C37H47NO7Si. The van der Waals surface area contributed by atoms with Crippen molar-refractivity contribution in [3.63, 3.8) is 0 Å². The number of nitrogens with zero attached hydrogens (tertiary/aromatic N) is 1. The summed E-state index contributed by atoms with van der Waals surface area (Å²) in [7, 11) is 1.97. The molecule has 1 amide bonds. The fraction of sp³-hybridized carbons (Fsp3) is 0.405. The van der Waals surface area contributed by atoms with Crippen molar-refractivity contribution in [2.24, 2.45) is 11.3 Å². The smallest absolute Gasteiger partial charge is 0.497 e. The first-order valence-electron chi connectivity index (χ1n) is 15.7. The summed E-state index contributed by atoms with van der Waals surface area (Å²) in [6.07, 6.45) is 0.568. The van der Waals surface area contributed by atoms with Crippen molar-refractivity contribution in [3.05, 3.63) is 107 Å². The van der Waals surface area contributed by atoms with Gasteiger partial charge in [0.05, 0.1) is 38.8 Å². The van der Waals surface area contributed by atoms with Gasteiger partial charge < -0.3 is 28.3 Å². The molecule has 46 heavy (non-hydrogen) atoms. The number of hydrogen-bond acceptors (Lipinski definition) is 7. The number of hydrogen-bond donors (Lipinski definition) is 0. The Morgan fingerprint density at radius 1 is 0.891 bits per heavy atom. The second-order valence-corrected chi connectivity index (χ2v) is 15.2. The van der Waals surface area contributed by atoms with E-state index in [0.717, 1.165) is 33.8 Å². The third-order valence-corrected chi connectivity index (χ3v) is 9.08. The van der Waals surface area contributed by atoms with Crippen LogP contribution in [-0.2, 0) is 25.3 Å². The van der Waals surface area contributed by atoms with E-state index < -0.39 is 33.3 Å². The molecule has 0 radical (unpaired) electrons. The number of β-lactam (4-membered cyclic amide) rings is 1. The predicted octanol–water partition coefficient (Wildman–Crippen LogP) is 7.33. The highest BCUT2D eigenvalue weighted by Gasteiger charge is 2.57. The Bertz CT molecular complexity index is 1420. The lowest BCUT2D eigenvalue weighted by Gasteiger charge is -2.55. The van der Waals surface area contributed by atoms with Crippen LogP contribution < -0.4 is 9.47 Å². The zero-order valence-electron chi connectivity index (χ0n) is 28.2. The molecule has 0 N–H and O–H groups in total. The van der Waals surface area contributed by atoms with E-state index >= 15 is 0 Å². The van der Waals surface area contributed by atoms with Gasteiger partial charge >= 0.3 is 6.16 Å². The molecule has 0 bridgehead atoms. The molecule has 3 aromatic carbocycles. The van der Waals surface area contributed by atoms with Gasteiger partial charge in [0.1, 0.15) is 24.2 Å². The van der Waals surface area contributed by atoms with Crippen molar-refractivity contribution in [1.29, 1.82) is 0 Å². The molecule has 0 aliphatic carbocycles. The SMILES string of the molecule is COc1ccc(C(c2ccc(OC)cc2)N2C(=O)[C@H]([C@@H](C)OC(=O)OCc3ccccc3)[C@H]2/C(=C\CO[SiH](C)C)C(C)(C)C)cc1. The number of amides is 1. The Hall–Kier alpha value is -4.08. The lowest BCUT2D eigenvalue weighted by atomic mass is 9.69. The number of likely N-dealkylation sites (tertiary alicyclic amines) is 1. The minimum Gasteiger partial charge on any atom is -0.497 e. The van der Waals surface area contributed by atoms with E-state index in [9.17, 15) is 9.59 Å². The fourth-order valence-electron chi connectivity index (χ4n) is 5.89. The van der Waals surface area contributed by atoms with E-state index in [0.29, 0.717) is 6.61 Å². The maximum atomic E-state index is 14.4. The van der Waals surface area contributed by atoms with Crippen LogP contribution in [0.4, 0.5) is 4.79 Å². The minimum atomic E-state index is -1.29. The molecular weight excluding hydrogens is 598 g/mol. The third kappa shape index (κ3) is 8.38. The standard InChI is InChI=1S/C37H47NO7Si/c1-25(45-36(40)43-24-26-12-10-9-11-13-26)32-34(31(37(2,3)4)22-23-44-46(7)8)38(35(32)39)33(27-14-18-29(41-5)19-15-27)28-16-20-30(42-6)21-17-28/h9-22,25,32-34,46H,23-24H2,1-8H3/b31-22+/t25-,32-,34-/m1/s1. The van der Waals surface area contributed by atoms with Gasteiger partial charge in [-0.15, -0.1) is 0 Å². The zero-order valence-corrected chi connectivity index (χ0v) is 29.3. The van der Waals surface area contributed by atoms with Gasteiger partial charge in [-0.25, -0.2) is 4.79 Å². The van der Waals surface area contributed by atoms with Crippen molar-refractivity contribution in [2.75, 3.05) is 20.8 Å². The molecule has 0 aromatic heterocycles. The van der Waals surface area contributed by atoms with Crippen LogP contribution in [-0.4, -0.2) is 59.0 Å². The van der Waals surface area contributed by atoms with Crippen molar-refractivity contribution in [1.82, 2.24) is 4.90 Å². The number of carbonyl (C=O) groups is 2. The first-order chi connectivity index (χ1) is 21.9. The van der Waals surface area contributed by atoms with Gasteiger partial charge in [0.25, 0.3) is 0 Å². The molecule has 0 unspecified atom stereocenters. The Morgan fingerprint density at radius 3 is 1.91 bits per heavy atom. The number of rotatable bonds is 13. The first kappa shape index (κ1) is 34.8. The van der Waals surface area contributed by atoms with Crippen LogP contribution in [0.15, 0.2) is 90.5 Å². The second kappa shape index (κ2) is 15.5.